The molecule has 0 radical (unpaired) electrons. The first-order valence-corrected chi connectivity index (χ1v) is 5.24. The van der Waals surface area contributed by atoms with Gasteiger partial charge in [-0.1, -0.05) is 11.6 Å². The fourth-order valence-electron chi connectivity index (χ4n) is 1.73. The van der Waals surface area contributed by atoms with E-state index in [9.17, 15) is 5.11 Å². The van der Waals surface area contributed by atoms with Crippen LogP contribution in [0.3, 0.4) is 0 Å². The molecule has 0 heterocycles. The maximum absolute atomic E-state index is 9.55. The smallest absolute Gasteiger partial charge is 0.124 e. The van der Waals surface area contributed by atoms with E-state index in [-0.39, 0.29) is 12.2 Å². The molecule has 1 aromatic carbocycles. The molecule has 0 aliphatic heterocycles. The summed E-state index contributed by atoms with van der Waals surface area (Å²) in [6.07, 6.45) is 2.46. The van der Waals surface area contributed by atoms with E-state index >= 15 is 0 Å². The minimum atomic E-state index is -0.314. The summed E-state index contributed by atoms with van der Waals surface area (Å²) in [7, 11) is 0. The normalized spacial score (nSPS) is 26.4. The largest absolute Gasteiger partial charge is 0.488 e. The third kappa shape index (κ3) is 2.20. The van der Waals surface area contributed by atoms with Gasteiger partial charge in [-0.25, -0.2) is 0 Å². The van der Waals surface area contributed by atoms with Crippen LogP contribution in [-0.2, 0) is 0 Å². The van der Waals surface area contributed by atoms with E-state index in [1.807, 2.05) is 12.1 Å². The highest BCUT2D eigenvalue weighted by Gasteiger charge is 2.26. The summed E-state index contributed by atoms with van der Waals surface area (Å²) >= 11 is 5.75. The van der Waals surface area contributed by atoms with Gasteiger partial charge < -0.3 is 9.84 Å². The van der Waals surface area contributed by atoms with Crippen molar-refractivity contribution in [2.75, 3.05) is 0 Å². The number of rotatable bonds is 2. The molecule has 0 amide bonds. The Morgan fingerprint density at radius 3 is 2.50 bits per heavy atom. The van der Waals surface area contributed by atoms with Crippen molar-refractivity contribution in [2.24, 2.45) is 0 Å². The van der Waals surface area contributed by atoms with Crippen molar-refractivity contribution in [2.45, 2.75) is 31.5 Å². The molecule has 1 saturated carbocycles. The van der Waals surface area contributed by atoms with Gasteiger partial charge >= 0.3 is 0 Å². The topological polar surface area (TPSA) is 29.5 Å². The molecule has 1 aliphatic rings. The van der Waals surface area contributed by atoms with Crippen molar-refractivity contribution >= 4 is 11.6 Å². The van der Waals surface area contributed by atoms with Crippen LogP contribution in [0.2, 0.25) is 5.02 Å². The third-order valence-corrected chi connectivity index (χ3v) is 2.77. The second-order valence-electron chi connectivity index (χ2n) is 3.61. The predicted octanol–water partition coefficient (Wildman–Crippen LogP) is 2.63. The third-order valence-electron chi connectivity index (χ3n) is 2.52. The first-order valence-electron chi connectivity index (χ1n) is 4.86. The van der Waals surface area contributed by atoms with Crippen LogP contribution < -0.4 is 4.74 Å². The van der Waals surface area contributed by atoms with Crippen molar-refractivity contribution in [3.63, 3.8) is 0 Å². The molecule has 0 bridgehead atoms. The van der Waals surface area contributed by atoms with Crippen LogP contribution in [0.25, 0.3) is 0 Å². The van der Waals surface area contributed by atoms with E-state index in [1.165, 1.54) is 0 Å². The predicted molar refractivity (Wildman–Crippen MR) is 55.7 cm³/mol. The molecule has 3 heteroatoms. The van der Waals surface area contributed by atoms with Gasteiger partial charge in [0.2, 0.25) is 0 Å². The highest BCUT2D eigenvalue weighted by molar-refractivity contribution is 6.30. The van der Waals surface area contributed by atoms with Gasteiger partial charge in [0.25, 0.3) is 0 Å². The number of halogens is 1. The van der Waals surface area contributed by atoms with Gasteiger partial charge in [0.1, 0.15) is 11.9 Å². The molecular formula is C11H13ClO2. The summed E-state index contributed by atoms with van der Waals surface area (Å²) in [5.41, 5.74) is 0. The van der Waals surface area contributed by atoms with Crippen LogP contribution in [0.15, 0.2) is 24.3 Å². The zero-order chi connectivity index (χ0) is 9.97. The Bertz CT molecular complexity index is 297. The molecular weight excluding hydrogens is 200 g/mol. The van der Waals surface area contributed by atoms with Crippen molar-refractivity contribution in [1.29, 1.82) is 0 Å². The van der Waals surface area contributed by atoms with Crippen LogP contribution in [0.5, 0.6) is 5.75 Å². The van der Waals surface area contributed by atoms with Gasteiger partial charge in [0, 0.05) is 5.02 Å². The Balaban J connectivity index is 2.00. The lowest BCUT2D eigenvalue weighted by Crippen LogP contribution is -2.25. The van der Waals surface area contributed by atoms with Crippen LogP contribution in [0.4, 0.5) is 0 Å². The van der Waals surface area contributed by atoms with Gasteiger partial charge in [0.05, 0.1) is 6.10 Å². The SMILES string of the molecule is O[C@H]1CCC[C@@H]1Oc1ccc(Cl)cc1. The zero-order valence-corrected chi connectivity index (χ0v) is 8.57. The molecule has 2 nitrogen and oxygen atoms in total. The lowest BCUT2D eigenvalue weighted by Gasteiger charge is -2.16. The standard InChI is InChI=1S/C11H13ClO2/c12-8-4-6-9(7-5-8)14-11-3-1-2-10(11)13/h4-7,10-11,13H,1-3H2/t10-,11-/m0/s1. The maximum atomic E-state index is 9.55. The Morgan fingerprint density at radius 1 is 1.21 bits per heavy atom. The number of aliphatic hydroxyl groups excluding tert-OH is 1. The zero-order valence-electron chi connectivity index (χ0n) is 7.82. The van der Waals surface area contributed by atoms with Gasteiger partial charge in [-0.2, -0.15) is 0 Å². The highest BCUT2D eigenvalue weighted by Crippen LogP contribution is 2.25. The average Bonchev–Trinajstić information content (AvgIpc) is 2.56. The van der Waals surface area contributed by atoms with Crippen LogP contribution >= 0.6 is 11.6 Å². The average molecular weight is 213 g/mol. The number of hydrogen-bond donors (Lipinski definition) is 1. The van der Waals surface area contributed by atoms with Crippen molar-refractivity contribution in [3.05, 3.63) is 29.3 Å². The quantitative estimate of drug-likeness (QED) is 0.817. The summed E-state index contributed by atoms with van der Waals surface area (Å²) < 4.78 is 5.63. The summed E-state index contributed by atoms with van der Waals surface area (Å²) in [5, 5.41) is 10.3. The second-order valence-corrected chi connectivity index (χ2v) is 4.04. The van der Waals surface area contributed by atoms with E-state index < -0.39 is 0 Å². The summed E-state index contributed by atoms with van der Waals surface area (Å²) in [6.45, 7) is 0. The molecule has 1 fully saturated rings. The van der Waals surface area contributed by atoms with Crippen molar-refractivity contribution < 1.29 is 9.84 Å². The Labute approximate surface area is 88.5 Å². The summed E-state index contributed by atoms with van der Waals surface area (Å²) in [6, 6.07) is 7.23. The first-order chi connectivity index (χ1) is 6.75. The van der Waals surface area contributed by atoms with E-state index in [0.29, 0.717) is 5.02 Å². The maximum Gasteiger partial charge on any atom is 0.124 e. The molecule has 0 unspecified atom stereocenters. The molecule has 76 valence electrons. The molecule has 2 atom stereocenters. The Morgan fingerprint density at radius 2 is 1.93 bits per heavy atom. The molecule has 14 heavy (non-hydrogen) atoms. The van der Waals surface area contributed by atoms with E-state index in [2.05, 4.69) is 0 Å². The number of aliphatic hydroxyl groups is 1. The van der Waals surface area contributed by atoms with Crippen molar-refractivity contribution in [3.8, 4) is 5.75 Å². The van der Waals surface area contributed by atoms with E-state index in [0.717, 1.165) is 25.0 Å². The minimum absolute atomic E-state index is 0.0452. The fourth-order valence-corrected chi connectivity index (χ4v) is 1.86. The molecule has 2 rings (SSSR count). The first kappa shape index (κ1) is 9.81. The molecule has 0 saturated heterocycles. The van der Waals surface area contributed by atoms with E-state index in [1.54, 1.807) is 12.1 Å². The van der Waals surface area contributed by atoms with Crippen LogP contribution in [-0.4, -0.2) is 17.3 Å². The van der Waals surface area contributed by atoms with Gasteiger partial charge in [-0.05, 0) is 43.5 Å². The van der Waals surface area contributed by atoms with Crippen LogP contribution in [0, 0.1) is 0 Å². The summed E-state index contributed by atoms with van der Waals surface area (Å²) in [4.78, 5) is 0. The Hall–Kier alpha value is -0.730. The van der Waals surface area contributed by atoms with Crippen molar-refractivity contribution in [1.82, 2.24) is 0 Å². The number of ether oxygens (including phenoxy) is 1. The second kappa shape index (κ2) is 4.20. The monoisotopic (exact) mass is 212 g/mol. The fraction of sp³-hybridized carbons (Fsp3) is 0.455. The van der Waals surface area contributed by atoms with E-state index in [4.69, 9.17) is 16.3 Å². The number of hydrogen-bond acceptors (Lipinski definition) is 2. The number of benzene rings is 1. The molecule has 1 aliphatic carbocycles. The minimum Gasteiger partial charge on any atom is -0.488 e. The van der Waals surface area contributed by atoms with Gasteiger partial charge in [-0.3, -0.25) is 0 Å². The molecule has 1 N–H and O–H groups in total. The Kier molecular flexibility index (Phi) is 2.94. The van der Waals surface area contributed by atoms with Gasteiger partial charge in [-0.15, -0.1) is 0 Å². The highest BCUT2D eigenvalue weighted by atomic mass is 35.5. The lowest BCUT2D eigenvalue weighted by atomic mass is 10.2. The molecule has 0 aromatic heterocycles. The molecule has 1 aromatic rings. The summed E-state index contributed by atoms with van der Waals surface area (Å²) in [5.74, 6) is 0.778. The lowest BCUT2D eigenvalue weighted by molar-refractivity contribution is 0.0604. The molecule has 0 spiro atoms. The van der Waals surface area contributed by atoms with Crippen LogP contribution in [0.1, 0.15) is 19.3 Å². The van der Waals surface area contributed by atoms with Gasteiger partial charge in [0.15, 0.2) is 0 Å².